The summed E-state index contributed by atoms with van der Waals surface area (Å²) in [6.07, 6.45) is 1.28. The maximum absolute atomic E-state index is 12.8. The first-order chi connectivity index (χ1) is 12.5. The molecule has 134 valence electrons. The van der Waals surface area contributed by atoms with E-state index in [2.05, 4.69) is 5.32 Å². The summed E-state index contributed by atoms with van der Waals surface area (Å²) >= 11 is 0. The van der Waals surface area contributed by atoms with Crippen molar-refractivity contribution in [1.29, 1.82) is 0 Å². The molecule has 1 fully saturated rings. The fourth-order valence-electron chi connectivity index (χ4n) is 3.00. The summed E-state index contributed by atoms with van der Waals surface area (Å²) in [6.45, 7) is 2.45. The number of hydrogen-bond donors (Lipinski definition) is 1. The summed E-state index contributed by atoms with van der Waals surface area (Å²) < 4.78 is 4.72. The summed E-state index contributed by atoms with van der Waals surface area (Å²) in [7, 11) is 1.31. The minimum Gasteiger partial charge on any atom is -0.465 e. The number of amides is 2. The smallest absolute Gasteiger partial charge is 0.337 e. The first kappa shape index (κ1) is 17.7. The fourth-order valence-corrected chi connectivity index (χ4v) is 3.00. The molecule has 0 saturated carbocycles. The van der Waals surface area contributed by atoms with Crippen LogP contribution in [0.25, 0.3) is 0 Å². The minimum atomic E-state index is -0.469. The van der Waals surface area contributed by atoms with Crippen molar-refractivity contribution >= 4 is 29.2 Å². The number of methoxy groups -OCH3 is 1. The molecule has 0 unspecified atom stereocenters. The molecule has 1 heterocycles. The number of ether oxygens (including phenoxy) is 1. The van der Waals surface area contributed by atoms with E-state index in [-0.39, 0.29) is 11.8 Å². The number of aryl methyl sites for hydroxylation is 1. The Morgan fingerprint density at radius 2 is 1.92 bits per heavy atom. The van der Waals surface area contributed by atoms with Crippen LogP contribution in [-0.2, 0) is 9.53 Å². The van der Waals surface area contributed by atoms with E-state index in [1.54, 1.807) is 47.4 Å². The lowest BCUT2D eigenvalue weighted by molar-refractivity contribution is -0.117. The van der Waals surface area contributed by atoms with E-state index in [0.29, 0.717) is 35.5 Å². The molecule has 26 heavy (non-hydrogen) atoms. The van der Waals surface area contributed by atoms with E-state index in [4.69, 9.17) is 4.74 Å². The normalized spacial score (nSPS) is 13.6. The Bertz CT molecular complexity index is 876. The standard InChI is InChI=1S/C20H20N2O4/c1-13-9-10-14(20(25)26-2)12-16(13)21-19(24)15-6-3-4-7-17(15)22-11-5-8-18(22)23/h3-4,6-7,9-10,12H,5,8,11H2,1-2H3,(H,21,24). The van der Waals surface area contributed by atoms with Gasteiger partial charge in [0.05, 0.1) is 23.9 Å². The Kier molecular flexibility index (Phi) is 5.02. The van der Waals surface area contributed by atoms with Gasteiger partial charge in [0.2, 0.25) is 5.91 Å². The molecule has 1 saturated heterocycles. The van der Waals surface area contributed by atoms with Gasteiger partial charge >= 0.3 is 5.97 Å². The molecule has 0 bridgehead atoms. The van der Waals surface area contributed by atoms with E-state index >= 15 is 0 Å². The Morgan fingerprint density at radius 3 is 2.62 bits per heavy atom. The zero-order valence-electron chi connectivity index (χ0n) is 14.7. The van der Waals surface area contributed by atoms with Gasteiger partial charge in [0.15, 0.2) is 0 Å². The molecular formula is C20H20N2O4. The minimum absolute atomic E-state index is 0.0223. The van der Waals surface area contributed by atoms with E-state index in [9.17, 15) is 14.4 Å². The van der Waals surface area contributed by atoms with Crippen LogP contribution in [0.2, 0.25) is 0 Å². The zero-order valence-corrected chi connectivity index (χ0v) is 14.7. The van der Waals surface area contributed by atoms with Gasteiger partial charge in [-0.1, -0.05) is 18.2 Å². The van der Waals surface area contributed by atoms with Crippen LogP contribution in [0.1, 0.15) is 39.1 Å². The molecule has 1 N–H and O–H groups in total. The van der Waals surface area contributed by atoms with Gasteiger partial charge in [-0.2, -0.15) is 0 Å². The first-order valence-electron chi connectivity index (χ1n) is 8.41. The van der Waals surface area contributed by atoms with Gasteiger partial charge in [-0.05, 0) is 43.2 Å². The topological polar surface area (TPSA) is 75.7 Å². The van der Waals surface area contributed by atoms with Gasteiger partial charge in [0, 0.05) is 18.7 Å². The predicted molar refractivity (Wildman–Crippen MR) is 98.5 cm³/mol. The fraction of sp³-hybridized carbons (Fsp3) is 0.250. The number of esters is 1. The highest BCUT2D eigenvalue weighted by Crippen LogP contribution is 2.27. The number of nitrogens with one attached hydrogen (secondary N) is 1. The van der Waals surface area contributed by atoms with Crippen molar-refractivity contribution in [3.63, 3.8) is 0 Å². The van der Waals surface area contributed by atoms with Crippen LogP contribution in [0.4, 0.5) is 11.4 Å². The summed E-state index contributed by atoms with van der Waals surface area (Å²) in [5, 5.41) is 2.84. The van der Waals surface area contributed by atoms with Crippen molar-refractivity contribution in [3.8, 4) is 0 Å². The molecule has 1 aliphatic rings. The van der Waals surface area contributed by atoms with Crippen LogP contribution in [0, 0.1) is 6.92 Å². The molecule has 0 aliphatic carbocycles. The van der Waals surface area contributed by atoms with Gasteiger partial charge in [-0.25, -0.2) is 4.79 Å². The van der Waals surface area contributed by atoms with Crippen LogP contribution in [0.5, 0.6) is 0 Å². The maximum Gasteiger partial charge on any atom is 0.337 e. The number of hydrogen-bond acceptors (Lipinski definition) is 4. The Labute approximate surface area is 151 Å². The molecule has 2 aromatic rings. The van der Waals surface area contributed by atoms with Crippen LogP contribution in [-0.4, -0.2) is 31.4 Å². The quantitative estimate of drug-likeness (QED) is 0.858. The third-order valence-corrected chi connectivity index (χ3v) is 4.42. The molecule has 2 aromatic carbocycles. The van der Waals surface area contributed by atoms with Crippen LogP contribution < -0.4 is 10.2 Å². The number of carbonyl (C=O) groups excluding carboxylic acids is 3. The number of benzene rings is 2. The largest absolute Gasteiger partial charge is 0.465 e. The van der Waals surface area contributed by atoms with E-state index < -0.39 is 5.97 Å². The van der Waals surface area contributed by atoms with Crippen molar-refractivity contribution < 1.29 is 19.1 Å². The highest BCUT2D eigenvalue weighted by Gasteiger charge is 2.25. The number of anilines is 2. The number of nitrogens with zero attached hydrogens (tertiary/aromatic N) is 1. The molecule has 6 heteroatoms. The van der Waals surface area contributed by atoms with Crippen molar-refractivity contribution in [2.24, 2.45) is 0 Å². The second kappa shape index (κ2) is 7.39. The molecule has 3 rings (SSSR count). The Balaban J connectivity index is 1.90. The SMILES string of the molecule is COC(=O)c1ccc(C)c(NC(=O)c2ccccc2N2CCCC2=O)c1. The molecule has 0 atom stereocenters. The molecule has 2 amide bonds. The monoisotopic (exact) mass is 352 g/mol. The highest BCUT2D eigenvalue weighted by atomic mass is 16.5. The van der Waals surface area contributed by atoms with Crippen molar-refractivity contribution in [2.75, 3.05) is 23.9 Å². The second-order valence-electron chi connectivity index (χ2n) is 6.14. The summed E-state index contributed by atoms with van der Waals surface area (Å²) in [5.41, 5.74) is 2.73. The van der Waals surface area contributed by atoms with Crippen LogP contribution >= 0.6 is 0 Å². The van der Waals surface area contributed by atoms with Crippen molar-refractivity contribution in [2.45, 2.75) is 19.8 Å². The zero-order chi connectivity index (χ0) is 18.7. The van der Waals surface area contributed by atoms with Gasteiger partial charge in [0.25, 0.3) is 5.91 Å². The van der Waals surface area contributed by atoms with E-state index in [0.717, 1.165) is 12.0 Å². The number of para-hydroxylation sites is 1. The third kappa shape index (κ3) is 3.44. The number of rotatable bonds is 4. The molecule has 0 spiro atoms. The summed E-state index contributed by atoms with van der Waals surface area (Å²) in [4.78, 5) is 38.3. The second-order valence-corrected chi connectivity index (χ2v) is 6.14. The summed E-state index contributed by atoms with van der Waals surface area (Å²) in [6, 6.07) is 12.0. The van der Waals surface area contributed by atoms with Gasteiger partial charge in [0.1, 0.15) is 0 Å². The van der Waals surface area contributed by atoms with E-state index in [1.807, 2.05) is 6.92 Å². The summed E-state index contributed by atoms with van der Waals surface area (Å²) in [5.74, 6) is -0.775. The molecule has 6 nitrogen and oxygen atoms in total. The van der Waals surface area contributed by atoms with E-state index in [1.165, 1.54) is 7.11 Å². The molecule has 0 radical (unpaired) electrons. The number of carbonyl (C=O) groups is 3. The van der Waals surface area contributed by atoms with Gasteiger partial charge in [-0.15, -0.1) is 0 Å². The lowest BCUT2D eigenvalue weighted by atomic mass is 10.1. The molecule has 1 aliphatic heterocycles. The van der Waals surface area contributed by atoms with Gasteiger partial charge < -0.3 is 15.0 Å². The predicted octanol–water partition coefficient (Wildman–Crippen LogP) is 3.16. The van der Waals surface area contributed by atoms with Crippen LogP contribution in [0.3, 0.4) is 0 Å². The lowest BCUT2D eigenvalue weighted by Crippen LogP contribution is -2.27. The molecule has 0 aromatic heterocycles. The van der Waals surface area contributed by atoms with Crippen molar-refractivity contribution in [3.05, 3.63) is 59.2 Å². The Morgan fingerprint density at radius 1 is 1.15 bits per heavy atom. The first-order valence-corrected chi connectivity index (χ1v) is 8.41. The average molecular weight is 352 g/mol. The third-order valence-electron chi connectivity index (χ3n) is 4.42. The average Bonchev–Trinajstić information content (AvgIpc) is 3.08. The van der Waals surface area contributed by atoms with Gasteiger partial charge in [-0.3, -0.25) is 9.59 Å². The Hall–Kier alpha value is -3.15. The van der Waals surface area contributed by atoms with Crippen molar-refractivity contribution in [1.82, 2.24) is 0 Å². The lowest BCUT2D eigenvalue weighted by Gasteiger charge is -2.19. The maximum atomic E-state index is 12.8. The van der Waals surface area contributed by atoms with Crippen LogP contribution in [0.15, 0.2) is 42.5 Å². The highest BCUT2D eigenvalue weighted by molar-refractivity contribution is 6.11. The molecular weight excluding hydrogens is 332 g/mol.